The summed E-state index contributed by atoms with van der Waals surface area (Å²) in [5.41, 5.74) is 2.04. The van der Waals surface area contributed by atoms with Crippen LogP contribution in [0.1, 0.15) is 27.9 Å². The van der Waals surface area contributed by atoms with Crippen LogP contribution in [0.3, 0.4) is 0 Å². The molecule has 2 rings (SSSR count). The lowest BCUT2D eigenvalue weighted by Gasteiger charge is -2.08. The van der Waals surface area contributed by atoms with Crippen LogP contribution in [0.2, 0.25) is 0 Å². The van der Waals surface area contributed by atoms with Gasteiger partial charge in [0.2, 0.25) is 0 Å². The number of rotatable bonds is 5. The van der Waals surface area contributed by atoms with E-state index in [1.807, 2.05) is 18.2 Å². The van der Waals surface area contributed by atoms with Gasteiger partial charge in [-0.15, -0.1) is 0 Å². The van der Waals surface area contributed by atoms with Crippen LogP contribution in [-0.2, 0) is 6.42 Å². The number of amides is 1. The number of hydrogen-bond donors (Lipinski definition) is 1. The van der Waals surface area contributed by atoms with Crippen molar-refractivity contribution in [1.82, 2.24) is 5.32 Å². The standard InChI is InChI=1S/C17H18FNO/c1-13-7-5-11-15(18)16(13)17(20)19-12-6-10-14-8-3-2-4-9-14/h2-5,7-9,11H,6,10,12H2,1H3,(H,19,20). The lowest BCUT2D eigenvalue weighted by Crippen LogP contribution is -2.26. The average molecular weight is 271 g/mol. The molecule has 3 heteroatoms. The quantitative estimate of drug-likeness (QED) is 0.829. The Kier molecular flexibility index (Phi) is 4.88. The van der Waals surface area contributed by atoms with Crippen LogP contribution in [0, 0.1) is 12.7 Å². The van der Waals surface area contributed by atoms with Crippen molar-refractivity contribution in [3.8, 4) is 0 Å². The normalized spacial score (nSPS) is 10.3. The molecule has 1 amide bonds. The summed E-state index contributed by atoms with van der Waals surface area (Å²) in [6.07, 6.45) is 1.74. The van der Waals surface area contributed by atoms with Crippen LogP contribution in [0.5, 0.6) is 0 Å². The summed E-state index contributed by atoms with van der Waals surface area (Å²) < 4.78 is 13.6. The van der Waals surface area contributed by atoms with Crippen molar-refractivity contribution in [2.75, 3.05) is 6.54 Å². The Hall–Kier alpha value is -2.16. The predicted molar refractivity (Wildman–Crippen MR) is 78.2 cm³/mol. The topological polar surface area (TPSA) is 29.1 Å². The third-order valence-corrected chi connectivity index (χ3v) is 3.22. The summed E-state index contributed by atoms with van der Waals surface area (Å²) in [6.45, 7) is 2.28. The SMILES string of the molecule is Cc1cccc(F)c1C(=O)NCCCc1ccccc1. The summed E-state index contributed by atoms with van der Waals surface area (Å²) in [5.74, 6) is -0.806. The Morgan fingerprint density at radius 2 is 1.85 bits per heavy atom. The van der Waals surface area contributed by atoms with E-state index in [0.717, 1.165) is 12.8 Å². The highest BCUT2D eigenvalue weighted by Crippen LogP contribution is 2.12. The van der Waals surface area contributed by atoms with Gasteiger partial charge in [-0.1, -0.05) is 42.5 Å². The highest BCUT2D eigenvalue weighted by atomic mass is 19.1. The van der Waals surface area contributed by atoms with E-state index in [0.29, 0.717) is 12.1 Å². The first-order valence-electron chi connectivity index (χ1n) is 6.75. The number of aryl methyl sites for hydroxylation is 2. The third-order valence-electron chi connectivity index (χ3n) is 3.22. The molecule has 0 aromatic heterocycles. The van der Waals surface area contributed by atoms with Gasteiger partial charge in [0.25, 0.3) is 5.91 Å². The van der Waals surface area contributed by atoms with E-state index in [4.69, 9.17) is 0 Å². The highest BCUT2D eigenvalue weighted by molar-refractivity contribution is 5.95. The lowest BCUT2D eigenvalue weighted by atomic mass is 10.1. The van der Waals surface area contributed by atoms with Crippen molar-refractivity contribution in [1.29, 1.82) is 0 Å². The average Bonchev–Trinajstić information content (AvgIpc) is 2.44. The molecule has 0 heterocycles. The number of carbonyl (C=O) groups excluding carboxylic acids is 1. The molecule has 0 aliphatic rings. The van der Waals surface area contributed by atoms with Crippen molar-refractivity contribution >= 4 is 5.91 Å². The van der Waals surface area contributed by atoms with Gasteiger partial charge in [0.05, 0.1) is 5.56 Å². The van der Waals surface area contributed by atoms with Gasteiger partial charge in [-0.05, 0) is 37.0 Å². The molecule has 104 valence electrons. The van der Waals surface area contributed by atoms with Crippen molar-refractivity contribution in [2.45, 2.75) is 19.8 Å². The molecule has 0 spiro atoms. The molecule has 0 fully saturated rings. The first-order valence-corrected chi connectivity index (χ1v) is 6.75. The molecule has 1 N–H and O–H groups in total. The number of hydrogen-bond acceptors (Lipinski definition) is 1. The fraction of sp³-hybridized carbons (Fsp3) is 0.235. The van der Waals surface area contributed by atoms with Crippen LogP contribution >= 0.6 is 0 Å². The first kappa shape index (κ1) is 14.3. The molecular formula is C17H18FNO. The maximum Gasteiger partial charge on any atom is 0.254 e. The zero-order chi connectivity index (χ0) is 14.4. The molecule has 0 aliphatic carbocycles. The number of benzene rings is 2. The molecule has 2 nitrogen and oxygen atoms in total. The van der Waals surface area contributed by atoms with E-state index in [1.54, 1.807) is 19.1 Å². The predicted octanol–water partition coefficient (Wildman–Crippen LogP) is 3.50. The Labute approximate surface area is 118 Å². The maximum absolute atomic E-state index is 13.6. The van der Waals surface area contributed by atoms with Crippen molar-refractivity contribution in [2.24, 2.45) is 0 Å². The zero-order valence-electron chi connectivity index (χ0n) is 11.5. The van der Waals surface area contributed by atoms with E-state index < -0.39 is 5.82 Å². The summed E-state index contributed by atoms with van der Waals surface area (Å²) in [5, 5.41) is 2.77. The Morgan fingerprint density at radius 3 is 2.55 bits per heavy atom. The van der Waals surface area contributed by atoms with Crippen LogP contribution in [0.25, 0.3) is 0 Å². The largest absolute Gasteiger partial charge is 0.352 e. The third kappa shape index (κ3) is 3.67. The van der Waals surface area contributed by atoms with Crippen molar-refractivity contribution in [3.63, 3.8) is 0 Å². The second-order valence-corrected chi connectivity index (χ2v) is 4.78. The van der Waals surface area contributed by atoms with Gasteiger partial charge >= 0.3 is 0 Å². The van der Waals surface area contributed by atoms with Gasteiger partial charge < -0.3 is 5.32 Å². The fourth-order valence-electron chi connectivity index (χ4n) is 2.15. The first-order chi connectivity index (χ1) is 9.68. The molecule has 2 aromatic rings. The van der Waals surface area contributed by atoms with Gasteiger partial charge in [0, 0.05) is 6.54 Å². The zero-order valence-corrected chi connectivity index (χ0v) is 11.5. The molecule has 2 aromatic carbocycles. The van der Waals surface area contributed by atoms with Gasteiger partial charge in [0.15, 0.2) is 0 Å². The maximum atomic E-state index is 13.6. The molecular weight excluding hydrogens is 253 g/mol. The van der Waals surface area contributed by atoms with E-state index in [-0.39, 0.29) is 11.5 Å². The van der Waals surface area contributed by atoms with Gasteiger partial charge in [-0.3, -0.25) is 4.79 Å². The minimum absolute atomic E-state index is 0.146. The second kappa shape index (κ2) is 6.85. The molecule has 0 radical (unpaired) electrons. The van der Waals surface area contributed by atoms with E-state index in [1.165, 1.54) is 11.6 Å². The van der Waals surface area contributed by atoms with Crippen LogP contribution in [0.15, 0.2) is 48.5 Å². The number of halogens is 1. The summed E-state index contributed by atoms with van der Waals surface area (Å²) in [6, 6.07) is 14.7. The molecule has 0 unspecified atom stereocenters. The molecule has 0 atom stereocenters. The van der Waals surface area contributed by atoms with Gasteiger partial charge in [0.1, 0.15) is 5.82 Å². The molecule has 0 aliphatic heterocycles. The van der Waals surface area contributed by atoms with Crippen molar-refractivity contribution < 1.29 is 9.18 Å². The summed E-state index contributed by atoms with van der Waals surface area (Å²) in [7, 11) is 0. The molecule has 0 saturated carbocycles. The Bertz CT molecular complexity index is 561. The fourth-order valence-corrected chi connectivity index (χ4v) is 2.15. The minimum Gasteiger partial charge on any atom is -0.352 e. The van der Waals surface area contributed by atoms with E-state index in [9.17, 15) is 9.18 Å². The lowest BCUT2D eigenvalue weighted by molar-refractivity contribution is 0.0948. The Morgan fingerprint density at radius 1 is 1.10 bits per heavy atom. The van der Waals surface area contributed by atoms with E-state index in [2.05, 4.69) is 17.4 Å². The highest BCUT2D eigenvalue weighted by Gasteiger charge is 2.13. The smallest absolute Gasteiger partial charge is 0.254 e. The summed E-state index contributed by atoms with van der Waals surface area (Å²) in [4.78, 5) is 11.9. The second-order valence-electron chi connectivity index (χ2n) is 4.78. The summed E-state index contributed by atoms with van der Waals surface area (Å²) >= 11 is 0. The number of nitrogens with one attached hydrogen (secondary N) is 1. The van der Waals surface area contributed by atoms with Crippen LogP contribution < -0.4 is 5.32 Å². The van der Waals surface area contributed by atoms with Gasteiger partial charge in [-0.2, -0.15) is 0 Å². The van der Waals surface area contributed by atoms with Crippen molar-refractivity contribution in [3.05, 3.63) is 71.0 Å². The molecule has 0 saturated heterocycles. The van der Waals surface area contributed by atoms with Crippen LogP contribution in [-0.4, -0.2) is 12.5 Å². The van der Waals surface area contributed by atoms with Crippen LogP contribution in [0.4, 0.5) is 4.39 Å². The Balaban J connectivity index is 1.84. The molecule has 20 heavy (non-hydrogen) atoms. The van der Waals surface area contributed by atoms with Gasteiger partial charge in [-0.25, -0.2) is 4.39 Å². The monoisotopic (exact) mass is 271 g/mol. The van der Waals surface area contributed by atoms with E-state index >= 15 is 0 Å². The molecule has 0 bridgehead atoms. The number of carbonyl (C=O) groups is 1. The minimum atomic E-state index is -0.467.